The zero-order valence-electron chi connectivity index (χ0n) is 27.4. The highest BCUT2D eigenvalue weighted by molar-refractivity contribution is 5.76. The van der Waals surface area contributed by atoms with Crippen molar-refractivity contribution in [3.8, 4) is 5.75 Å². The van der Waals surface area contributed by atoms with Gasteiger partial charge in [-0.3, -0.25) is 33.8 Å². The number of carbonyl (C=O) groups is 6. The molecule has 0 amide bonds. The minimum atomic E-state index is -0.749. The lowest BCUT2D eigenvalue weighted by Gasteiger charge is -2.19. The second-order valence-electron chi connectivity index (χ2n) is 10.7. The predicted octanol–water partition coefficient (Wildman–Crippen LogP) is 4.75. The number of carbonyl (C=O) groups excluding carboxylic acids is 6. The Balaban J connectivity index is 3.09. The zero-order chi connectivity index (χ0) is 33.9. The Bertz CT molecular complexity index is 1170. The van der Waals surface area contributed by atoms with E-state index in [4.69, 9.17) is 28.4 Å². The summed E-state index contributed by atoms with van der Waals surface area (Å²) in [5.41, 5.74) is 0.814. The number of esters is 6. The molecule has 0 spiro atoms. The monoisotopic (exact) mass is 637 g/mol. The van der Waals surface area contributed by atoms with Crippen LogP contribution in [0.1, 0.15) is 116 Å². The van der Waals surface area contributed by atoms with Gasteiger partial charge in [-0.05, 0) is 47.0 Å². The number of hydrogen-bond donors (Lipinski definition) is 0. The molecule has 0 fully saturated rings. The van der Waals surface area contributed by atoms with Crippen molar-refractivity contribution in [3.63, 3.8) is 0 Å². The van der Waals surface area contributed by atoms with E-state index in [2.05, 4.69) is 4.98 Å². The molecular weight excluding hydrogens is 590 g/mol. The van der Waals surface area contributed by atoms with E-state index in [1.165, 1.54) is 6.20 Å². The fourth-order valence-electron chi connectivity index (χ4n) is 3.97. The van der Waals surface area contributed by atoms with Gasteiger partial charge in [0.25, 0.3) is 0 Å². The number of aryl methyl sites for hydroxylation is 1. The third kappa shape index (κ3) is 16.0. The van der Waals surface area contributed by atoms with Gasteiger partial charge < -0.3 is 28.4 Å². The first-order chi connectivity index (χ1) is 21.3. The van der Waals surface area contributed by atoms with Crippen LogP contribution >= 0.6 is 0 Å². The van der Waals surface area contributed by atoms with E-state index in [1.807, 2.05) is 20.8 Å². The highest BCUT2D eigenvalue weighted by atomic mass is 16.6. The average Bonchev–Trinajstić information content (AvgIpc) is 2.92. The summed E-state index contributed by atoms with van der Waals surface area (Å²) in [7, 11) is 0. The van der Waals surface area contributed by atoms with Gasteiger partial charge in [0.1, 0.15) is 31.5 Å². The number of nitrogens with zero attached hydrogens (tertiary/aromatic N) is 1. The summed E-state index contributed by atoms with van der Waals surface area (Å²) in [4.78, 5) is 77.5. The Hall–Kier alpha value is -4.03. The van der Waals surface area contributed by atoms with Crippen molar-refractivity contribution in [2.75, 3.05) is 0 Å². The highest BCUT2D eigenvalue weighted by Crippen LogP contribution is 2.28. The van der Waals surface area contributed by atoms with Crippen molar-refractivity contribution < 1.29 is 57.2 Å². The van der Waals surface area contributed by atoms with E-state index in [1.54, 1.807) is 27.7 Å². The van der Waals surface area contributed by atoms with Crippen molar-refractivity contribution in [2.45, 2.75) is 138 Å². The molecule has 1 aromatic heterocycles. The molecule has 13 heteroatoms. The zero-order valence-corrected chi connectivity index (χ0v) is 27.4. The standard InChI is InChI=1S/C32H47NO12/c1-8-11-26(34)42-20(4)14-29(37)40-18-24-17-33-23(7)32(45-31(39)16-22(6)44-28(36)13-10-3)25(24)19-41-30(38)15-21(5)43-27(35)12-9-2/h17,20-22H,8-16,18-19H2,1-7H3/t20-,21-,22-/m1/s1. The SMILES string of the molecule is CCCC(=O)O[C@H](C)CC(=O)OCc1cnc(C)c(OC(=O)C[C@@H](C)OC(=O)CCC)c1COC(=O)C[C@@H](C)OC(=O)CCC. The molecule has 1 aromatic rings. The Kier molecular flexibility index (Phi) is 18.1. The molecule has 0 N–H and O–H groups in total. The van der Waals surface area contributed by atoms with Crippen LogP contribution in [-0.2, 0) is 65.7 Å². The third-order valence-corrected chi connectivity index (χ3v) is 6.11. The Labute approximate surface area is 264 Å². The van der Waals surface area contributed by atoms with Gasteiger partial charge in [0.2, 0.25) is 0 Å². The largest absolute Gasteiger partial charge is 0.462 e. The van der Waals surface area contributed by atoms with Crippen molar-refractivity contribution >= 4 is 35.8 Å². The molecule has 0 aliphatic heterocycles. The number of aromatic nitrogens is 1. The molecule has 0 bridgehead atoms. The van der Waals surface area contributed by atoms with Crippen LogP contribution in [-0.4, -0.2) is 59.1 Å². The number of rotatable bonds is 20. The minimum absolute atomic E-state index is 0.00211. The normalized spacial score (nSPS) is 12.7. The molecular formula is C32H47NO12. The molecule has 0 unspecified atom stereocenters. The predicted molar refractivity (Wildman–Crippen MR) is 159 cm³/mol. The fourth-order valence-corrected chi connectivity index (χ4v) is 3.97. The Morgan fingerprint density at radius 1 is 0.622 bits per heavy atom. The molecule has 3 atom stereocenters. The smallest absolute Gasteiger partial charge is 0.315 e. The summed E-state index contributed by atoms with van der Waals surface area (Å²) >= 11 is 0. The molecule has 0 radical (unpaired) electrons. The molecule has 1 rings (SSSR count). The maximum atomic E-state index is 12.8. The second-order valence-corrected chi connectivity index (χ2v) is 10.7. The molecule has 13 nitrogen and oxygen atoms in total. The Morgan fingerprint density at radius 3 is 1.44 bits per heavy atom. The first kappa shape index (κ1) is 39.0. The third-order valence-electron chi connectivity index (χ3n) is 6.11. The summed E-state index contributed by atoms with van der Waals surface area (Å²) in [5.74, 6) is -3.34. The molecule has 0 aromatic carbocycles. The van der Waals surface area contributed by atoms with E-state index < -0.39 is 54.1 Å². The van der Waals surface area contributed by atoms with Crippen molar-refractivity contribution in [1.82, 2.24) is 4.98 Å². The fraction of sp³-hybridized carbons (Fsp3) is 0.656. The van der Waals surface area contributed by atoms with Crippen LogP contribution < -0.4 is 4.74 Å². The van der Waals surface area contributed by atoms with Gasteiger partial charge in [0, 0.05) is 36.6 Å². The average molecular weight is 638 g/mol. The lowest BCUT2D eigenvalue weighted by Crippen LogP contribution is -2.23. The van der Waals surface area contributed by atoms with E-state index in [-0.39, 0.29) is 63.1 Å². The van der Waals surface area contributed by atoms with Crippen LogP contribution in [0.25, 0.3) is 0 Å². The van der Waals surface area contributed by atoms with Gasteiger partial charge in [-0.15, -0.1) is 0 Å². The van der Waals surface area contributed by atoms with Gasteiger partial charge in [-0.2, -0.15) is 0 Å². The Morgan fingerprint density at radius 2 is 1.02 bits per heavy atom. The van der Waals surface area contributed by atoms with Crippen molar-refractivity contribution in [3.05, 3.63) is 23.0 Å². The van der Waals surface area contributed by atoms with Gasteiger partial charge in [0.15, 0.2) is 5.75 Å². The van der Waals surface area contributed by atoms with E-state index >= 15 is 0 Å². The second kappa shape index (κ2) is 20.8. The van der Waals surface area contributed by atoms with Crippen LogP contribution in [0.4, 0.5) is 0 Å². The van der Waals surface area contributed by atoms with E-state index in [0.29, 0.717) is 30.5 Å². The van der Waals surface area contributed by atoms with Gasteiger partial charge in [0.05, 0.1) is 25.0 Å². The van der Waals surface area contributed by atoms with Crippen LogP contribution in [0.15, 0.2) is 6.20 Å². The van der Waals surface area contributed by atoms with Crippen LogP contribution in [0, 0.1) is 6.92 Å². The van der Waals surface area contributed by atoms with Gasteiger partial charge in [-0.25, -0.2) is 0 Å². The summed E-state index contributed by atoms with van der Waals surface area (Å²) in [6.45, 7) is 11.1. The van der Waals surface area contributed by atoms with Gasteiger partial charge >= 0.3 is 35.8 Å². The molecule has 0 saturated heterocycles. The minimum Gasteiger partial charge on any atom is -0.462 e. The molecule has 0 saturated carbocycles. The molecule has 0 aliphatic carbocycles. The topological polar surface area (TPSA) is 171 Å². The lowest BCUT2D eigenvalue weighted by molar-refractivity contribution is -0.157. The lowest BCUT2D eigenvalue weighted by atomic mass is 10.1. The van der Waals surface area contributed by atoms with Gasteiger partial charge in [-0.1, -0.05) is 20.8 Å². The maximum absolute atomic E-state index is 12.8. The number of ether oxygens (including phenoxy) is 6. The quantitative estimate of drug-likeness (QED) is 0.142. The first-order valence-electron chi connectivity index (χ1n) is 15.4. The molecule has 252 valence electrons. The summed E-state index contributed by atoms with van der Waals surface area (Å²) in [6.07, 6.45) is 1.07. The first-order valence-corrected chi connectivity index (χ1v) is 15.4. The van der Waals surface area contributed by atoms with Crippen LogP contribution in [0.3, 0.4) is 0 Å². The highest BCUT2D eigenvalue weighted by Gasteiger charge is 2.23. The van der Waals surface area contributed by atoms with Crippen molar-refractivity contribution in [1.29, 1.82) is 0 Å². The van der Waals surface area contributed by atoms with Crippen LogP contribution in [0.5, 0.6) is 5.75 Å². The molecule has 1 heterocycles. The summed E-state index contributed by atoms with van der Waals surface area (Å²) in [5, 5.41) is 0. The van der Waals surface area contributed by atoms with Crippen molar-refractivity contribution in [2.24, 2.45) is 0 Å². The van der Waals surface area contributed by atoms with E-state index in [9.17, 15) is 28.8 Å². The van der Waals surface area contributed by atoms with E-state index in [0.717, 1.165) is 0 Å². The summed E-state index contributed by atoms with van der Waals surface area (Å²) < 4.78 is 32.1. The molecule has 45 heavy (non-hydrogen) atoms. The number of pyridine rings is 1. The van der Waals surface area contributed by atoms with Crippen LogP contribution in [0.2, 0.25) is 0 Å². The molecule has 0 aliphatic rings. The maximum Gasteiger partial charge on any atom is 0.315 e. The number of hydrogen-bond acceptors (Lipinski definition) is 13. The summed E-state index contributed by atoms with van der Waals surface area (Å²) in [6, 6.07) is 0.